The van der Waals surface area contributed by atoms with Crippen molar-refractivity contribution in [2.24, 2.45) is 0 Å². The first-order valence-electron chi connectivity index (χ1n) is 4.44. The Kier molecular flexibility index (Phi) is 2.60. The van der Waals surface area contributed by atoms with Crippen LogP contribution in [-0.4, -0.2) is 34.9 Å². The predicted octanol–water partition coefficient (Wildman–Crippen LogP) is 0.788. The fraction of sp³-hybridized carbons (Fsp3) is 0.333. The molecule has 0 atom stereocenters. The first-order chi connectivity index (χ1) is 6.90. The molecule has 0 fully saturated rings. The van der Waals surface area contributed by atoms with Crippen molar-refractivity contribution in [3.63, 3.8) is 0 Å². The van der Waals surface area contributed by atoms with Crippen LogP contribution in [0.1, 0.15) is 0 Å². The topological polar surface area (TPSA) is 51.5 Å². The minimum absolute atomic E-state index is 0.633. The highest BCUT2D eigenvalue weighted by atomic mass is 16.5. The SMILES string of the molecule is COCCNc1nc2ccccn2n1. The van der Waals surface area contributed by atoms with E-state index < -0.39 is 0 Å². The number of aromatic nitrogens is 3. The summed E-state index contributed by atoms with van der Waals surface area (Å²) in [6, 6.07) is 5.76. The maximum absolute atomic E-state index is 4.91. The molecule has 0 spiro atoms. The van der Waals surface area contributed by atoms with E-state index in [0.29, 0.717) is 19.1 Å². The first-order valence-corrected chi connectivity index (χ1v) is 4.44. The Labute approximate surface area is 81.7 Å². The van der Waals surface area contributed by atoms with E-state index in [9.17, 15) is 0 Å². The minimum Gasteiger partial charge on any atom is -0.383 e. The van der Waals surface area contributed by atoms with Gasteiger partial charge in [-0.05, 0) is 12.1 Å². The van der Waals surface area contributed by atoms with Gasteiger partial charge in [0.2, 0.25) is 5.95 Å². The number of hydrogen-bond donors (Lipinski definition) is 1. The summed E-state index contributed by atoms with van der Waals surface area (Å²) in [6.45, 7) is 1.36. The third-order valence-corrected chi connectivity index (χ3v) is 1.83. The van der Waals surface area contributed by atoms with E-state index in [2.05, 4.69) is 15.4 Å². The van der Waals surface area contributed by atoms with Crippen LogP contribution < -0.4 is 5.32 Å². The van der Waals surface area contributed by atoms with Gasteiger partial charge in [0.1, 0.15) is 0 Å². The fourth-order valence-electron chi connectivity index (χ4n) is 1.17. The Morgan fingerprint density at radius 3 is 3.21 bits per heavy atom. The summed E-state index contributed by atoms with van der Waals surface area (Å²) < 4.78 is 6.64. The zero-order valence-electron chi connectivity index (χ0n) is 7.97. The van der Waals surface area contributed by atoms with Gasteiger partial charge in [0.25, 0.3) is 0 Å². The van der Waals surface area contributed by atoms with Gasteiger partial charge in [-0.3, -0.25) is 0 Å². The van der Waals surface area contributed by atoms with Gasteiger partial charge < -0.3 is 10.1 Å². The zero-order chi connectivity index (χ0) is 9.80. The molecule has 0 aliphatic carbocycles. The third kappa shape index (κ3) is 1.82. The summed E-state index contributed by atoms with van der Waals surface area (Å²) >= 11 is 0. The normalized spacial score (nSPS) is 10.6. The van der Waals surface area contributed by atoms with Crippen molar-refractivity contribution >= 4 is 11.6 Å². The summed E-state index contributed by atoms with van der Waals surface area (Å²) in [5, 5.41) is 7.29. The number of rotatable bonds is 4. The molecule has 2 aromatic heterocycles. The highest BCUT2D eigenvalue weighted by Gasteiger charge is 2.00. The molecule has 5 heteroatoms. The van der Waals surface area contributed by atoms with Crippen LogP contribution in [-0.2, 0) is 4.74 Å². The van der Waals surface area contributed by atoms with Gasteiger partial charge in [0.15, 0.2) is 5.65 Å². The van der Waals surface area contributed by atoms with Crippen molar-refractivity contribution in [2.45, 2.75) is 0 Å². The molecule has 2 rings (SSSR count). The molecule has 0 radical (unpaired) electrons. The van der Waals surface area contributed by atoms with Gasteiger partial charge in [0.05, 0.1) is 6.61 Å². The molecule has 0 saturated carbocycles. The van der Waals surface area contributed by atoms with Gasteiger partial charge in [0, 0.05) is 19.9 Å². The Balaban J connectivity index is 2.11. The monoisotopic (exact) mass is 192 g/mol. The molecule has 5 nitrogen and oxygen atoms in total. The van der Waals surface area contributed by atoms with Crippen LogP contribution in [0.2, 0.25) is 0 Å². The Morgan fingerprint density at radius 2 is 2.43 bits per heavy atom. The number of fused-ring (bicyclic) bond motifs is 1. The van der Waals surface area contributed by atoms with E-state index >= 15 is 0 Å². The van der Waals surface area contributed by atoms with Crippen LogP contribution in [0.4, 0.5) is 5.95 Å². The van der Waals surface area contributed by atoms with E-state index in [-0.39, 0.29) is 0 Å². The van der Waals surface area contributed by atoms with Gasteiger partial charge in [-0.1, -0.05) is 6.07 Å². The molecule has 0 unspecified atom stereocenters. The molecule has 1 N–H and O–H groups in total. The van der Waals surface area contributed by atoms with E-state index in [0.717, 1.165) is 5.65 Å². The molecule has 0 saturated heterocycles. The lowest BCUT2D eigenvalue weighted by atomic mass is 10.5. The highest BCUT2D eigenvalue weighted by Crippen LogP contribution is 2.03. The van der Waals surface area contributed by atoms with Crippen LogP contribution in [0.5, 0.6) is 0 Å². The number of ether oxygens (including phenoxy) is 1. The molecule has 0 bridgehead atoms. The molecule has 2 aromatic rings. The average Bonchev–Trinajstić information content (AvgIpc) is 2.60. The highest BCUT2D eigenvalue weighted by molar-refractivity contribution is 5.42. The van der Waals surface area contributed by atoms with Crippen LogP contribution >= 0.6 is 0 Å². The van der Waals surface area contributed by atoms with Gasteiger partial charge >= 0.3 is 0 Å². The second-order valence-electron chi connectivity index (χ2n) is 2.86. The molecule has 74 valence electrons. The van der Waals surface area contributed by atoms with E-state index in [1.807, 2.05) is 24.4 Å². The summed E-state index contributed by atoms with van der Waals surface area (Å²) in [7, 11) is 1.67. The molecular formula is C9H12N4O. The first kappa shape index (κ1) is 8.96. The lowest BCUT2D eigenvalue weighted by Crippen LogP contribution is -2.08. The van der Waals surface area contributed by atoms with Crippen molar-refractivity contribution in [1.29, 1.82) is 0 Å². The molecular weight excluding hydrogens is 180 g/mol. The molecule has 0 aromatic carbocycles. The number of nitrogens with zero attached hydrogens (tertiary/aromatic N) is 3. The number of hydrogen-bond acceptors (Lipinski definition) is 4. The number of nitrogens with one attached hydrogen (secondary N) is 1. The number of pyridine rings is 1. The summed E-state index contributed by atoms with van der Waals surface area (Å²) in [5.41, 5.74) is 0.840. The lowest BCUT2D eigenvalue weighted by Gasteiger charge is -1.98. The summed E-state index contributed by atoms with van der Waals surface area (Å²) in [6.07, 6.45) is 1.86. The standard InChI is InChI=1S/C9H12N4O/c1-14-7-5-10-9-11-8-4-2-3-6-13(8)12-9/h2-4,6H,5,7H2,1H3,(H,10,12). The lowest BCUT2D eigenvalue weighted by molar-refractivity contribution is 0.210. The van der Waals surface area contributed by atoms with E-state index in [1.54, 1.807) is 11.6 Å². The van der Waals surface area contributed by atoms with Crippen molar-refractivity contribution in [1.82, 2.24) is 14.6 Å². The molecule has 2 heterocycles. The van der Waals surface area contributed by atoms with Gasteiger partial charge in [-0.2, -0.15) is 4.98 Å². The molecule has 0 amide bonds. The third-order valence-electron chi connectivity index (χ3n) is 1.83. The molecule has 14 heavy (non-hydrogen) atoms. The largest absolute Gasteiger partial charge is 0.383 e. The summed E-state index contributed by atoms with van der Waals surface area (Å²) in [4.78, 5) is 4.27. The minimum atomic E-state index is 0.633. The van der Waals surface area contributed by atoms with Crippen molar-refractivity contribution in [3.05, 3.63) is 24.4 Å². The van der Waals surface area contributed by atoms with Crippen molar-refractivity contribution in [3.8, 4) is 0 Å². The van der Waals surface area contributed by atoms with Crippen LogP contribution in [0.3, 0.4) is 0 Å². The van der Waals surface area contributed by atoms with Crippen LogP contribution in [0, 0.1) is 0 Å². The predicted molar refractivity (Wildman–Crippen MR) is 53.4 cm³/mol. The maximum atomic E-state index is 4.91. The van der Waals surface area contributed by atoms with Gasteiger partial charge in [-0.15, -0.1) is 5.10 Å². The van der Waals surface area contributed by atoms with E-state index in [4.69, 9.17) is 4.74 Å². The molecule has 0 aliphatic rings. The fourth-order valence-corrected chi connectivity index (χ4v) is 1.17. The van der Waals surface area contributed by atoms with Gasteiger partial charge in [-0.25, -0.2) is 4.52 Å². The number of methoxy groups -OCH3 is 1. The average molecular weight is 192 g/mol. The second-order valence-corrected chi connectivity index (χ2v) is 2.86. The molecule has 0 aliphatic heterocycles. The Morgan fingerprint density at radius 1 is 1.50 bits per heavy atom. The quantitative estimate of drug-likeness (QED) is 0.727. The van der Waals surface area contributed by atoms with Crippen molar-refractivity contribution in [2.75, 3.05) is 25.6 Å². The maximum Gasteiger partial charge on any atom is 0.243 e. The summed E-state index contributed by atoms with van der Waals surface area (Å²) in [5.74, 6) is 0.633. The van der Waals surface area contributed by atoms with Crippen LogP contribution in [0.15, 0.2) is 24.4 Å². The van der Waals surface area contributed by atoms with E-state index in [1.165, 1.54) is 0 Å². The number of anilines is 1. The van der Waals surface area contributed by atoms with Crippen molar-refractivity contribution < 1.29 is 4.74 Å². The van der Waals surface area contributed by atoms with Crippen LogP contribution in [0.25, 0.3) is 5.65 Å². The Hall–Kier alpha value is -1.62. The smallest absolute Gasteiger partial charge is 0.243 e. The second kappa shape index (κ2) is 4.06. The zero-order valence-corrected chi connectivity index (χ0v) is 7.97. The Bertz CT molecular complexity index is 379.